The number of benzene rings is 2. The number of aromatic nitrogens is 2. The Morgan fingerprint density at radius 3 is 2.50 bits per heavy atom. The number of thiazole rings is 1. The molecule has 0 bridgehead atoms. The first-order chi connectivity index (χ1) is 15.7. The number of rotatable bonds is 8. The molecule has 6 nitrogen and oxygen atoms in total. The van der Waals surface area contributed by atoms with Crippen LogP contribution in [0, 0.1) is 0 Å². The van der Waals surface area contributed by atoms with Crippen molar-refractivity contribution in [3.8, 4) is 11.5 Å². The van der Waals surface area contributed by atoms with E-state index in [1.54, 1.807) is 37.1 Å². The normalized spacial score (nSPS) is 10.8. The lowest BCUT2D eigenvalue weighted by Gasteiger charge is -2.21. The van der Waals surface area contributed by atoms with Crippen LogP contribution in [-0.2, 0) is 6.54 Å². The number of hydrogen-bond acceptors (Lipinski definition) is 7. The van der Waals surface area contributed by atoms with Crippen molar-refractivity contribution < 1.29 is 14.3 Å². The summed E-state index contributed by atoms with van der Waals surface area (Å²) >= 11 is 3.05. The highest BCUT2D eigenvalue weighted by Gasteiger charge is 2.26. The Balaban J connectivity index is 1.84. The first-order valence-corrected chi connectivity index (χ1v) is 11.9. The minimum Gasteiger partial charge on any atom is -0.495 e. The van der Waals surface area contributed by atoms with Crippen molar-refractivity contribution in [2.45, 2.75) is 18.4 Å². The second kappa shape index (κ2) is 10.0. The summed E-state index contributed by atoms with van der Waals surface area (Å²) in [5, 5.41) is 0.565. The van der Waals surface area contributed by atoms with Gasteiger partial charge in [-0.25, -0.2) is 4.98 Å². The Hall–Kier alpha value is -3.10. The predicted molar refractivity (Wildman–Crippen MR) is 130 cm³/mol. The van der Waals surface area contributed by atoms with E-state index in [1.807, 2.05) is 54.6 Å². The number of hydrogen-bond donors (Lipinski definition) is 0. The molecule has 0 spiro atoms. The van der Waals surface area contributed by atoms with E-state index in [0.29, 0.717) is 34.3 Å². The average molecular weight is 466 g/mol. The lowest BCUT2D eigenvalue weighted by Crippen LogP contribution is -2.31. The van der Waals surface area contributed by atoms with Crippen molar-refractivity contribution >= 4 is 44.4 Å². The highest BCUT2D eigenvalue weighted by molar-refractivity contribution is 7.99. The van der Waals surface area contributed by atoms with Crippen LogP contribution in [0.15, 0.2) is 65.7 Å². The molecule has 0 unspecified atom stereocenters. The van der Waals surface area contributed by atoms with E-state index in [1.165, 1.54) is 11.3 Å². The summed E-state index contributed by atoms with van der Waals surface area (Å²) in [6, 6.07) is 17.0. The highest BCUT2D eigenvalue weighted by Crippen LogP contribution is 2.41. The van der Waals surface area contributed by atoms with Gasteiger partial charge in [0.1, 0.15) is 21.7 Å². The fraction of sp³-hybridized carbons (Fsp3) is 0.208. The molecule has 4 rings (SSSR count). The molecule has 0 aliphatic rings. The minimum absolute atomic E-state index is 0.121. The number of thioether (sulfide) groups is 1. The van der Waals surface area contributed by atoms with Gasteiger partial charge in [-0.05, 0) is 42.2 Å². The van der Waals surface area contributed by atoms with Gasteiger partial charge in [-0.15, -0.1) is 11.8 Å². The summed E-state index contributed by atoms with van der Waals surface area (Å²) < 4.78 is 11.9. The average Bonchev–Trinajstić information content (AvgIpc) is 3.28. The predicted octanol–water partition coefficient (Wildman–Crippen LogP) is 5.67. The van der Waals surface area contributed by atoms with Crippen molar-refractivity contribution in [2.75, 3.05) is 24.9 Å². The van der Waals surface area contributed by atoms with E-state index in [4.69, 9.17) is 14.5 Å². The van der Waals surface area contributed by atoms with Crippen molar-refractivity contribution in [3.63, 3.8) is 0 Å². The van der Waals surface area contributed by atoms with Crippen molar-refractivity contribution in [1.82, 2.24) is 9.97 Å². The summed E-state index contributed by atoms with van der Waals surface area (Å²) in [5.74, 6) is 2.08. The summed E-state index contributed by atoms with van der Waals surface area (Å²) in [6.07, 6.45) is 1.73. The van der Waals surface area contributed by atoms with E-state index in [9.17, 15) is 4.79 Å². The SMILES string of the molecule is CCSc1ccccc1C(=O)N(Cc1ccccn1)c1nc2c(OC)ccc(OC)c2s1. The maximum absolute atomic E-state index is 13.8. The molecular weight excluding hydrogens is 442 g/mol. The molecule has 0 radical (unpaired) electrons. The molecule has 32 heavy (non-hydrogen) atoms. The standard InChI is InChI=1S/C24H23N3O3S2/c1-4-31-20-11-6-5-10-17(20)23(28)27(15-16-9-7-8-14-25-16)24-26-21-18(29-2)12-13-19(30-3)22(21)32-24/h5-14H,4,15H2,1-3H3. The summed E-state index contributed by atoms with van der Waals surface area (Å²) in [4.78, 5) is 25.7. The molecule has 8 heteroatoms. The number of fused-ring (bicyclic) bond motifs is 1. The molecule has 2 heterocycles. The zero-order chi connectivity index (χ0) is 22.5. The molecule has 2 aromatic heterocycles. The molecule has 1 amide bonds. The van der Waals surface area contributed by atoms with Gasteiger partial charge in [0.05, 0.1) is 32.0 Å². The lowest BCUT2D eigenvalue weighted by molar-refractivity contribution is 0.0982. The van der Waals surface area contributed by atoms with E-state index < -0.39 is 0 Å². The topological polar surface area (TPSA) is 64.6 Å². The Morgan fingerprint density at radius 1 is 1.03 bits per heavy atom. The van der Waals surface area contributed by atoms with Gasteiger partial charge in [0.15, 0.2) is 5.13 Å². The molecule has 0 aliphatic heterocycles. The van der Waals surface area contributed by atoms with Crippen LogP contribution in [0.5, 0.6) is 11.5 Å². The maximum atomic E-state index is 13.8. The Bertz CT molecular complexity index is 1190. The quantitative estimate of drug-likeness (QED) is 0.313. The van der Waals surface area contributed by atoms with Crippen LogP contribution in [0.2, 0.25) is 0 Å². The van der Waals surface area contributed by atoms with Crippen LogP contribution in [0.1, 0.15) is 23.0 Å². The van der Waals surface area contributed by atoms with Gasteiger partial charge in [0, 0.05) is 11.1 Å². The number of pyridine rings is 1. The smallest absolute Gasteiger partial charge is 0.261 e. The summed E-state index contributed by atoms with van der Waals surface area (Å²) in [6.45, 7) is 2.37. The van der Waals surface area contributed by atoms with Crippen LogP contribution in [0.3, 0.4) is 0 Å². The van der Waals surface area contributed by atoms with Crippen molar-refractivity contribution in [1.29, 1.82) is 0 Å². The van der Waals surface area contributed by atoms with Crippen molar-refractivity contribution in [3.05, 3.63) is 72.1 Å². The van der Waals surface area contributed by atoms with Gasteiger partial charge in [-0.1, -0.05) is 36.5 Å². The summed E-state index contributed by atoms with van der Waals surface area (Å²) in [7, 11) is 3.23. The molecule has 0 aliphatic carbocycles. The third-order valence-electron chi connectivity index (χ3n) is 4.84. The van der Waals surface area contributed by atoms with E-state index >= 15 is 0 Å². The van der Waals surface area contributed by atoms with Gasteiger partial charge in [0.25, 0.3) is 5.91 Å². The van der Waals surface area contributed by atoms with Crippen LogP contribution >= 0.6 is 23.1 Å². The molecule has 2 aromatic carbocycles. The third kappa shape index (κ3) is 4.42. The van der Waals surface area contributed by atoms with Crippen LogP contribution in [0.25, 0.3) is 10.2 Å². The van der Waals surface area contributed by atoms with Crippen LogP contribution in [-0.4, -0.2) is 35.8 Å². The highest BCUT2D eigenvalue weighted by atomic mass is 32.2. The van der Waals surface area contributed by atoms with Crippen molar-refractivity contribution in [2.24, 2.45) is 0 Å². The molecule has 0 fully saturated rings. The molecule has 4 aromatic rings. The van der Waals surface area contributed by atoms with Crippen LogP contribution < -0.4 is 14.4 Å². The molecule has 0 atom stereocenters. The van der Waals surface area contributed by atoms with Crippen LogP contribution in [0.4, 0.5) is 5.13 Å². The van der Waals surface area contributed by atoms with E-state index in [-0.39, 0.29) is 5.91 Å². The third-order valence-corrected chi connectivity index (χ3v) is 6.89. The lowest BCUT2D eigenvalue weighted by atomic mass is 10.2. The first kappa shape index (κ1) is 22.1. The Morgan fingerprint density at radius 2 is 1.78 bits per heavy atom. The number of nitrogens with zero attached hydrogens (tertiary/aromatic N) is 3. The van der Waals surface area contributed by atoms with E-state index in [0.717, 1.165) is 21.0 Å². The number of carbonyl (C=O) groups excluding carboxylic acids is 1. The second-order valence-corrected chi connectivity index (χ2v) is 9.07. The van der Waals surface area contributed by atoms with Gasteiger partial charge < -0.3 is 9.47 Å². The van der Waals surface area contributed by atoms with Gasteiger partial charge in [0.2, 0.25) is 0 Å². The maximum Gasteiger partial charge on any atom is 0.261 e. The first-order valence-electron chi connectivity index (χ1n) is 10.1. The second-order valence-electron chi connectivity index (χ2n) is 6.79. The number of carbonyl (C=O) groups is 1. The fourth-order valence-electron chi connectivity index (χ4n) is 3.34. The van der Waals surface area contributed by atoms with Gasteiger partial charge in [-0.2, -0.15) is 0 Å². The molecule has 164 valence electrons. The van der Waals surface area contributed by atoms with Gasteiger partial charge >= 0.3 is 0 Å². The Labute approximate surface area is 195 Å². The van der Waals surface area contributed by atoms with Gasteiger partial charge in [-0.3, -0.25) is 14.7 Å². The molecule has 0 saturated carbocycles. The summed E-state index contributed by atoms with van der Waals surface area (Å²) in [5.41, 5.74) is 2.09. The molecule has 0 saturated heterocycles. The number of amides is 1. The number of anilines is 1. The number of methoxy groups -OCH3 is 2. The fourth-order valence-corrected chi connectivity index (χ4v) is 5.21. The minimum atomic E-state index is -0.121. The van der Waals surface area contributed by atoms with E-state index in [2.05, 4.69) is 11.9 Å². The monoisotopic (exact) mass is 465 g/mol. The zero-order valence-electron chi connectivity index (χ0n) is 18.1. The molecular formula is C24H23N3O3S2. The molecule has 0 N–H and O–H groups in total. The zero-order valence-corrected chi connectivity index (χ0v) is 19.7. The number of ether oxygens (including phenoxy) is 2. The largest absolute Gasteiger partial charge is 0.495 e. The Kier molecular flexibility index (Phi) is 6.92.